The smallest absolute Gasteiger partial charge is 0.271 e. The number of carbonyl (C=O) groups is 1. The third-order valence-electron chi connectivity index (χ3n) is 5.67. The summed E-state index contributed by atoms with van der Waals surface area (Å²) in [5.74, 6) is -0.125. The predicted molar refractivity (Wildman–Crippen MR) is 95.7 cm³/mol. The minimum Gasteiger partial charge on any atom is -0.336 e. The highest BCUT2D eigenvalue weighted by molar-refractivity contribution is 5.92. The number of rotatable bonds is 3. The first kappa shape index (κ1) is 16.1. The molecule has 4 rings (SSSR count). The Bertz CT molecular complexity index is 800. The number of carbonyl (C=O) groups excluding carboxylic acids is 1. The van der Waals surface area contributed by atoms with E-state index >= 15 is 0 Å². The van der Waals surface area contributed by atoms with Crippen molar-refractivity contribution >= 4 is 5.91 Å². The summed E-state index contributed by atoms with van der Waals surface area (Å²) in [6, 6.07) is 10.7. The van der Waals surface area contributed by atoms with Gasteiger partial charge in [0.15, 0.2) is 0 Å². The molecule has 0 radical (unpaired) electrons. The lowest BCUT2D eigenvalue weighted by atomic mass is 10.0. The Kier molecular flexibility index (Phi) is 4.21. The van der Waals surface area contributed by atoms with Gasteiger partial charge >= 0.3 is 0 Å². The summed E-state index contributed by atoms with van der Waals surface area (Å²) in [7, 11) is 1.84. The van der Waals surface area contributed by atoms with Crippen molar-refractivity contribution in [1.82, 2.24) is 20.0 Å². The van der Waals surface area contributed by atoms with Crippen LogP contribution < -0.4 is 5.56 Å². The van der Waals surface area contributed by atoms with Gasteiger partial charge in [-0.25, -0.2) is 0 Å². The molecule has 2 heterocycles. The molecule has 0 unspecified atom stereocenters. The van der Waals surface area contributed by atoms with Crippen molar-refractivity contribution in [3.63, 3.8) is 0 Å². The molecule has 1 saturated heterocycles. The number of piperidine rings is 1. The number of likely N-dealkylation sites (N-methyl/N-ethyl adjacent to an activating group) is 1. The van der Waals surface area contributed by atoms with E-state index in [4.69, 9.17) is 0 Å². The quantitative estimate of drug-likeness (QED) is 0.887. The number of nitrogens with zero attached hydrogens (tertiary/aromatic N) is 2. The molecule has 1 aromatic carbocycles. The number of aromatic amines is 2. The molecule has 6 heteroatoms. The van der Waals surface area contributed by atoms with Crippen LogP contribution in [0.15, 0.2) is 35.1 Å². The van der Waals surface area contributed by atoms with Crippen LogP contribution in [0.1, 0.15) is 34.5 Å². The third-order valence-corrected chi connectivity index (χ3v) is 5.67. The third kappa shape index (κ3) is 3.14. The molecule has 1 amide bonds. The van der Waals surface area contributed by atoms with Crippen molar-refractivity contribution in [2.24, 2.45) is 0 Å². The molecule has 1 aromatic heterocycles. The fourth-order valence-electron chi connectivity index (χ4n) is 4.23. The second-order valence-corrected chi connectivity index (χ2v) is 7.21. The molecule has 1 atom stereocenters. The van der Waals surface area contributed by atoms with Crippen LogP contribution in [-0.2, 0) is 12.8 Å². The standard InChI is InChI=1S/C19H24N4O2/c1-22(19(25)17-11-18(24)21-20-17)15-7-4-8-23(12-15)16-9-13-5-2-3-6-14(13)10-16/h2-3,5-6,11,15-16H,4,7-10,12H2,1H3,(H2,20,21,24)/t15-/m0/s1. The number of likely N-dealkylation sites (tertiary alicyclic amines) is 1. The molecule has 0 saturated carbocycles. The fraction of sp³-hybridized carbons (Fsp3) is 0.474. The Morgan fingerprint density at radius 2 is 1.92 bits per heavy atom. The average Bonchev–Trinajstić information content (AvgIpc) is 3.26. The van der Waals surface area contributed by atoms with Crippen LogP contribution >= 0.6 is 0 Å². The molecule has 1 aliphatic heterocycles. The lowest BCUT2D eigenvalue weighted by Crippen LogP contribution is -2.51. The van der Waals surface area contributed by atoms with Crippen LogP contribution in [0.2, 0.25) is 0 Å². The zero-order valence-corrected chi connectivity index (χ0v) is 14.5. The van der Waals surface area contributed by atoms with Crippen molar-refractivity contribution in [2.75, 3.05) is 20.1 Å². The van der Waals surface area contributed by atoms with Gasteiger partial charge in [-0.1, -0.05) is 24.3 Å². The van der Waals surface area contributed by atoms with E-state index in [0.717, 1.165) is 38.8 Å². The van der Waals surface area contributed by atoms with Crippen LogP contribution in [0.25, 0.3) is 0 Å². The molecular weight excluding hydrogens is 316 g/mol. The number of H-pyrrole nitrogens is 2. The molecule has 6 nitrogen and oxygen atoms in total. The molecule has 2 aromatic rings. The Hall–Kier alpha value is -2.34. The lowest BCUT2D eigenvalue weighted by Gasteiger charge is -2.40. The molecule has 1 fully saturated rings. The Labute approximate surface area is 146 Å². The van der Waals surface area contributed by atoms with E-state index in [1.54, 1.807) is 4.90 Å². The normalized spacial score (nSPS) is 21.2. The lowest BCUT2D eigenvalue weighted by molar-refractivity contribution is 0.0550. The summed E-state index contributed by atoms with van der Waals surface area (Å²) in [4.78, 5) is 28.2. The zero-order valence-electron chi connectivity index (χ0n) is 14.5. The van der Waals surface area contributed by atoms with Crippen molar-refractivity contribution < 1.29 is 4.79 Å². The van der Waals surface area contributed by atoms with Gasteiger partial charge in [0.2, 0.25) is 0 Å². The van der Waals surface area contributed by atoms with Crippen molar-refractivity contribution in [3.8, 4) is 0 Å². The van der Waals surface area contributed by atoms with Crippen LogP contribution in [0, 0.1) is 0 Å². The zero-order chi connectivity index (χ0) is 17.4. The van der Waals surface area contributed by atoms with Crippen molar-refractivity contribution in [1.29, 1.82) is 0 Å². The molecule has 1 aliphatic carbocycles. The molecule has 2 aliphatic rings. The average molecular weight is 340 g/mol. The van der Waals surface area contributed by atoms with E-state index in [1.807, 2.05) is 7.05 Å². The van der Waals surface area contributed by atoms with Gasteiger partial charge in [0.1, 0.15) is 5.69 Å². The van der Waals surface area contributed by atoms with Gasteiger partial charge in [0, 0.05) is 31.7 Å². The Morgan fingerprint density at radius 1 is 1.20 bits per heavy atom. The van der Waals surface area contributed by atoms with Crippen LogP contribution in [0.3, 0.4) is 0 Å². The van der Waals surface area contributed by atoms with E-state index < -0.39 is 0 Å². The second kappa shape index (κ2) is 6.52. The molecule has 0 bridgehead atoms. The van der Waals surface area contributed by atoms with Gasteiger partial charge < -0.3 is 4.90 Å². The monoisotopic (exact) mass is 340 g/mol. The first-order valence-corrected chi connectivity index (χ1v) is 8.97. The van der Waals surface area contributed by atoms with Gasteiger partial charge in [-0.15, -0.1) is 0 Å². The Balaban J connectivity index is 1.43. The van der Waals surface area contributed by atoms with Gasteiger partial charge in [-0.3, -0.25) is 24.7 Å². The maximum atomic E-state index is 12.6. The van der Waals surface area contributed by atoms with E-state index in [-0.39, 0.29) is 17.5 Å². The highest BCUT2D eigenvalue weighted by Gasteiger charge is 2.33. The van der Waals surface area contributed by atoms with Gasteiger partial charge in [-0.2, -0.15) is 0 Å². The fourth-order valence-corrected chi connectivity index (χ4v) is 4.23. The number of aromatic nitrogens is 2. The van der Waals surface area contributed by atoms with Crippen LogP contribution in [-0.4, -0.2) is 58.1 Å². The maximum Gasteiger partial charge on any atom is 0.271 e. The Morgan fingerprint density at radius 3 is 2.56 bits per heavy atom. The summed E-state index contributed by atoms with van der Waals surface area (Å²) in [5.41, 5.74) is 2.98. The highest BCUT2D eigenvalue weighted by atomic mass is 16.2. The largest absolute Gasteiger partial charge is 0.336 e. The minimum atomic E-state index is -0.272. The summed E-state index contributed by atoms with van der Waals surface area (Å²) < 4.78 is 0. The minimum absolute atomic E-state index is 0.125. The van der Waals surface area contributed by atoms with Gasteiger partial charge in [0.25, 0.3) is 11.5 Å². The molecular formula is C19H24N4O2. The number of amides is 1. The van der Waals surface area contributed by atoms with Crippen molar-refractivity contribution in [3.05, 3.63) is 57.5 Å². The van der Waals surface area contributed by atoms with Crippen LogP contribution in [0.4, 0.5) is 0 Å². The summed E-state index contributed by atoms with van der Waals surface area (Å²) in [5, 5.41) is 5.09. The SMILES string of the molecule is CN(C(=O)c1cc(=O)[nH][nH]1)[C@H]1CCCN(C2Cc3ccccc3C2)C1. The number of nitrogens with one attached hydrogen (secondary N) is 2. The molecule has 132 valence electrons. The number of hydrogen-bond donors (Lipinski definition) is 2. The van der Waals surface area contributed by atoms with Crippen molar-refractivity contribution in [2.45, 2.75) is 37.8 Å². The van der Waals surface area contributed by atoms with E-state index in [2.05, 4.69) is 39.4 Å². The number of fused-ring (bicyclic) bond motifs is 1. The summed E-state index contributed by atoms with van der Waals surface area (Å²) in [6.45, 7) is 1.99. The summed E-state index contributed by atoms with van der Waals surface area (Å²) in [6.07, 6.45) is 4.31. The molecule has 25 heavy (non-hydrogen) atoms. The maximum absolute atomic E-state index is 12.6. The molecule has 2 N–H and O–H groups in total. The topological polar surface area (TPSA) is 72.2 Å². The second-order valence-electron chi connectivity index (χ2n) is 7.21. The number of benzene rings is 1. The first-order valence-electron chi connectivity index (χ1n) is 8.97. The van der Waals surface area contributed by atoms with E-state index in [0.29, 0.717) is 11.7 Å². The molecule has 0 spiro atoms. The predicted octanol–water partition coefficient (Wildman–Crippen LogP) is 1.41. The van der Waals surface area contributed by atoms with Gasteiger partial charge in [0.05, 0.1) is 0 Å². The van der Waals surface area contributed by atoms with E-state index in [9.17, 15) is 9.59 Å². The van der Waals surface area contributed by atoms with Gasteiger partial charge in [-0.05, 0) is 43.4 Å². The first-order chi connectivity index (χ1) is 12.1. The number of hydrogen-bond acceptors (Lipinski definition) is 3. The highest BCUT2D eigenvalue weighted by Crippen LogP contribution is 2.28. The van der Waals surface area contributed by atoms with Crippen LogP contribution in [0.5, 0.6) is 0 Å². The summed E-state index contributed by atoms with van der Waals surface area (Å²) >= 11 is 0. The van der Waals surface area contributed by atoms with E-state index in [1.165, 1.54) is 17.2 Å².